The van der Waals surface area contributed by atoms with Gasteiger partial charge in [-0.05, 0) is 25.3 Å². The second kappa shape index (κ2) is 5.55. The van der Waals surface area contributed by atoms with Crippen molar-refractivity contribution in [3.63, 3.8) is 0 Å². The summed E-state index contributed by atoms with van der Waals surface area (Å²) >= 11 is 9.26. The first-order valence-electron chi connectivity index (χ1n) is 5.88. The summed E-state index contributed by atoms with van der Waals surface area (Å²) in [6.45, 7) is 1.82. The number of hydrogen-bond acceptors (Lipinski definition) is 6. The fraction of sp³-hybridized carbons (Fsp3) is 0.154. The molecule has 2 aromatic heterocycles. The number of rotatable bonds is 3. The molecule has 1 N–H and O–H groups in total. The molecule has 0 saturated carbocycles. The van der Waals surface area contributed by atoms with E-state index in [1.54, 1.807) is 11.8 Å². The van der Waals surface area contributed by atoms with Crippen molar-refractivity contribution in [1.29, 1.82) is 0 Å². The standard InChI is InChI=1S/C13H11ClN4S2/c1-7-15-11(14)10-12(16-7)20-13(18-10)17-8-5-3-4-6-9(8)19-2/h3-6H,1-2H3,(H,17,18). The minimum atomic E-state index is 0.398. The molecule has 0 spiro atoms. The number of anilines is 2. The van der Waals surface area contributed by atoms with E-state index in [1.165, 1.54) is 16.2 Å². The van der Waals surface area contributed by atoms with E-state index in [9.17, 15) is 0 Å². The van der Waals surface area contributed by atoms with Gasteiger partial charge in [0.05, 0.1) is 5.69 Å². The number of thioether (sulfide) groups is 1. The average Bonchev–Trinajstić information content (AvgIpc) is 2.82. The predicted octanol–water partition coefficient (Wildman–Crippen LogP) is 4.51. The van der Waals surface area contributed by atoms with Gasteiger partial charge in [0.25, 0.3) is 0 Å². The Labute approximate surface area is 129 Å². The van der Waals surface area contributed by atoms with Crippen molar-refractivity contribution >= 4 is 55.9 Å². The molecule has 0 aliphatic carbocycles. The Balaban J connectivity index is 2.01. The van der Waals surface area contributed by atoms with E-state index in [4.69, 9.17) is 11.6 Å². The van der Waals surface area contributed by atoms with Crippen LogP contribution < -0.4 is 5.32 Å². The van der Waals surface area contributed by atoms with Crippen molar-refractivity contribution in [2.75, 3.05) is 11.6 Å². The molecule has 0 unspecified atom stereocenters. The van der Waals surface area contributed by atoms with Crippen LogP contribution in [0.25, 0.3) is 10.3 Å². The van der Waals surface area contributed by atoms with Gasteiger partial charge < -0.3 is 5.32 Å². The highest BCUT2D eigenvalue weighted by molar-refractivity contribution is 7.98. The lowest BCUT2D eigenvalue weighted by molar-refractivity contribution is 1.09. The monoisotopic (exact) mass is 322 g/mol. The Kier molecular flexibility index (Phi) is 3.78. The van der Waals surface area contributed by atoms with Crippen molar-refractivity contribution in [2.24, 2.45) is 0 Å². The molecule has 3 aromatic rings. The van der Waals surface area contributed by atoms with Crippen LogP contribution in [0.15, 0.2) is 29.2 Å². The minimum absolute atomic E-state index is 0.398. The molecule has 0 amide bonds. The van der Waals surface area contributed by atoms with E-state index < -0.39 is 0 Å². The zero-order chi connectivity index (χ0) is 14.1. The Morgan fingerprint density at radius 1 is 1.20 bits per heavy atom. The minimum Gasteiger partial charge on any atom is -0.331 e. The smallest absolute Gasteiger partial charge is 0.189 e. The van der Waals surface area contributed by atoms with Crippen LogP contribution in [-0.4, -0.2) is 21.2 Å². The molecule has 20 heavy (non-hydrogen) atoms. The number of halogens is 1. The molecule has 3 rings (SSSR count). The molecule has 1 aromatic carbocycles. The van der Waals surface area contributed by atoms with E-state index in [2.05, 4.69) is 26.3 Å². The van der Waals surface area contributed by atoms with E-state index in [0.29, 0.717) is 16.5 Å². The number of aryl methyl sites for hydroxylation is 1. The summed E-state index contributed by atoms with van der Waals surface area (Å²) in [7, 11) is 0. The molecule has 4 nitrogen and oxygen atoms in total. The number of nitrogens with zero attached hydrogens (tertiary/aromatic N) is 3. The molecule has 0 fully saturated rings. The Bertz CT molecular complexity index is 772. The SMILES string of the molecule is CSc1ccccc1Nc1nc2c(Cl)nc(C)nc2s1. The predicted molar refractivity (Wildman–Crippen MR) is 86.5 cm³/mol. The molecule has 0 saturated heterocycles. The third-order valence-electron chi connectivity index (χ3n) is 2.68. The van der Waals surface area contributed by atoms with E-state index in [-0.39, 0.29) is 0 Å². The van der Waals surface area contributed by atoms with Gasteiger partial charge in [0.2, 0.25) is 0 Å². The molecule has 0 aliphatic heterocycles. The molecule has 2 heterocycles. The topological polar surface area (TPSA) is 50.7 Å². The van der Waals surface area contributed by atoms with E-state index in [1.807, 2.05) is 31.4 Å². The number of hydrogen-bond donors (Lipinski definition) is 1. The van der Waals surface area contributed by atoms with Crippen molar-refractivity contribution in [3.8, 4) is 0 Å². The molecule has 0 radical (unpaired) electrons. The van der Waals surface area contributed by atoms with Gasteiger partial charge in [0.15, 0.2) is 15.1 Å². The Hall–Kier alpha value is -1.37. The Morgan fingerprint density at radius 3 is 2.80 bits per heavy atom. The highest BCUT2D eigenvalue weighted by atomic mass is 35.5. The first-order chi connectivity index (χ1) is 9.67. The summed E-state index contributed by atoms with van der Waals surface area (Å²) in [5.74, 6) is 0.655. The largest absolute Gasteiger partial charge is 0.331 e. The zero-order valence-electron chi connectivity index (χ0n) is 10.8. The van der Waals surface area contributed by atoms with Gasteiger partial charge in [0.1, 0.15) is 11.3 Å². The lowest BCUT2D eigenvalue weighted by Gasteiger charge is -2.06. The lowest BCUT2D eigenvalue weighted by atomic mass is 10.3. The molecule has 0 aliphatic rings. The molecule has 7 heteroatoms. The average molecular weight is 323 g/mol. The third kappa shape index (κ3) is 2.59. The summed E-state index contributed by atoms with van der Waals surface area (Å²) in [5, 5.41) is 4.48. The van der Waals surface area contributed by atoms with Gasteiger partial charge in [-0.25, -0.2) is 15.0 Å². The van der Waals surface area contributed by atoms with Crippen LogP contribution in [0.1, 0.15) is 5.82 Å². The number of benzene rings is 1. The van der Waals surface area contributed by atoms with Crippen LogP contribution in [-0.2, 0) is 0 Å². The van der Waals surface area contributed by atoms with Gasteiger partial charge in [-0.15, -0.1) is 11.8 Å². The van der Waals surface area contributed by atoms with E-state index >= 15 is 0 Å². The second-order valence-electron chi connectivity index (χ2n) is 4.06. The number of fused-ring (bicyclic) bond motifs is 1. The van der Waals surface area contributed by atoms with Gasteiger partial charge in [-0.1, -0.05) is 35.1 Å². The zero-order valence-corrected chi connectivity index (χ0v) is 13.2. The number of nitrogens with one attached hydrogen (secondary N) is 1. The maximum absolute atomic E-state index is 6.10. The maximum atomic E-state index is 6.10. The lowest BCUT2D eigenvalue weighted by Crippen LogP contribution is -1.91. The van der Waals surface area contributed by atoms with E-state index in [0.717, 1.165) is 15.6 Å². The molecular weight excluding hydrogens is 312 g/mol. The Morgan fingerprint density at radius 2 is 2.00 bits per heavy atom. The van der Waals surface area contributed by atoms with Crippen molar-refractivity contribution < 1.29 is 0 Å². The van der Waals surface area contributed by atoms with Gasteiger partial charge in [0, 0.05) is 4.90 Å². The van der Waals surface area contributed by atoms with Crippen LogP contribution in [0.5, 0.6) is 0 Å². The summed E-state index contributed by atoms with van der Waals surface area (Å²) in [5.41, 5.74) is 1.67. The van der Waals surface area contributed by atoms with Crippen LogP contribution in [0.3, 0.4) is 0 Å². The first-order valence-corrected chi connectivity index (χ1v) is 8.30. The summed E-state index contributed by atoms with van der Waals surface area (Å²) in [6, 6.07) is 8.10. The van der Waals surface area contributed by atoms with Crippen molar-refractivity contribution in [3.05, 3.63) is 35.2 Å². The highest BCUT2D eigenvalue weighted by Gasteiger charge is 2.11. The molecule has 0 atom stereocenters. The normalized spacial score (nSPS) is 10.9. The fourth-order valence-electron chi connectivity index (χ4n) is 1.81. The molecule has 102 valence electrons. The number of aromatic nitrogens is 3. The first kappa shape index (κ1) is 13.6. The highest BCUT2D eigenvalue weighted by Crippen LogP contribution is 2.33. The van der Waals surface area contributed by atoms with Crippen molar-refractivity contribution in [2.45, 2.75) is 11.8 Å². The summed E-state index contributed by atoms with van der Waals surface area (Å²) in [4.78, 5) is 14.9. The summed E-state index contributed by atoms with van der Waals surface area (Å²) < 4.78 is 0. The van der Waals surface area contributed by atoms with Crippen LogP contribution in [0, 0.1) is 6.92 Å². The number of thiazole rings is 1. The maximum Gasteiger partial charge on any atom is 0.189 e. The molecular formula is C13H11ClN4S2. The van der Waals surface area contributed by atoms with Gasteiger partial charge >= 0.3 is 0 Å². The third-order valence-corrected chi connectivity index (χ3v) is 4.60. The second-order valence-corrected chi connectivity index (χ2v) is 6.24. The molecule has 0 bridgehead atoms. The number of para-hydroxylation sites is 1. The summed E-state index contributed by atoms with van der Waals surface area (Å²) in [6.07, 6.45) is 2.05. The van der Waals surface area contributed by atoms with Crippen LogP contribution >= 0.6 is 34.7 Å². The van der Waals surface area contributed by atoms with Crippen LogP contribution in [0.4, 0.5) is 10.8 Å². The van der Waals surface area contributed by atoms with Crippen LogP contribution in [0.2, 0.25) is 5.15 Å². The quantitative estimate of drug-likeness (QED) is 0.568. The van der Waals surface area contributed by atoms with Crippen molar-refractivity contribution in [1.82, 2.24) is 15.0 Å². The van der Waals surface area contributed by atoms with Gasteiger partial charge in [-0.3, -0.25) is 0 Å². The fourth-order valence-corrected chi connectivity index (χ4v) is 3.57. The van der Waals surface area contributed by atoms with Gasteiger partial charge in [-0.2, -0.15) is 0 Å².